The van der Waals surface area contributed by atoms with Crippen LogP contribution >= 0.6 is 0 Å². The van der Waals surface area contributed by atoms with Gasteiger partial charge in [0.05, 0.1) is 39.8 Å². The Labute approximate surface area is 165 Å². The minimum absolute atomic E-state index is 0.800. The highest BCUT2D eigenvalue weighted by atomic mass is 16.9. The van der Waals surface area contributed by atoms with Crippen molar-refractivity contribution in [1.82, 2.24) is 0 Å². The van der Waals surface area contributed by atoms with Gasteiger partial charge >= 0.3 is 0 Å². The van der Waals surface area contributed by atoms with E-state index in [1.54, 1.807) is 28.4 Å². The van der Waals surface area contributed by atoms with Crippen LogP contribution in [0.3, 0.4) is 0 Å². The lowest BCUT2D eigenvalue weighted by molar-refractivity contribution is -0.0434. The summed E-state index contributed by atoms with van der Waals surface area (Å²) in [6.07, 6.45) is 0. The molecule has 0 bridgehead atoms. The molecule has 0 unspecified atom stereocenters. The molecule has 0 aromatic heterocycles. The molecule has 3 rings (SSSR count). The average Bonchev–Trinajstić information content (AvgIpc) is 2.76. The van der Waals surface area contributed by atoms with Gasteiger partial charge in [-0.05, 0) is 46.5 Å². The molecule has 3 aromatic carbocycles. The lowest BCUT2D eigenvalue weighted by Gasteiger charge is -2.21. The Bertz CT molecular complexity index is 877. The van der Waals surface area contributed by atoms with E-state index in [1.807, 2.05) is 54.6 Å². The van der Waals surface area contributed by atoms with Crippen molar-refractivity contribution in [2.45, 2.75) is 0 Å². The third kappa shape index (κ3) is 4.16. The fourth-order valence-electron chi connectivity index (χ4n) is 3.09. The van der Waals surface area contributed by atoms with E-state index in [-0.39, 0.29) is 0 Å². The van der Waals surface area contributed by atoms with E-state index in [9.17, 15) is 0 Å². The second-order valence-corrected chi connectivity index (χ2v) is 5.89. The van der Waals surface area contributed by atoms with Crippen LogP contribution in [-0.4, -0.2) is 28.4 Å². The van der Waals surface area contributed by atoms with E-state index < -0.39 is 0 Å². The zero-order valence-electron chi connectivity index (χ0n) is 16.5. The van der Waals surface area contributed by atoms with E-state index in [4.69, 9.17) is 19.4 Å². The van der Waals surface area contributed by atoms with Crippen LogP contribution < -0.4 is 10.5 Å². The van der Waals surface area contributed by atoms with Crippen LogP contribution in [0.2, 0.25) is 0 Å². The van der Waals surface area contributed by atoms with Gasteiger partial charge in [0, 0.05) is 0 Å². The number of rotatable bonds is 8. The molecule has 6 nitrogen and oxygen atoms in total. The Hall–Kier alpha value is -2.90. The van der Waals surface area contributed by atoms with Gasteiger partial charge in [-0.3, -0.25) is 19.4 Å². The third-order valence-electron chi connectivity index (χ3n) is 4.35. The first-order valence-corrected chi connectivity index (χ1v) is 8.78. The highest BCUT2D eigenvalue weighted by Gasteiger charge is 2.13. The van der Waals surface area contributed by atoms with E-state index in [0.717, 1.165) is 33.6 Å². The Morgan fingerprint density at radius 1 is 0.500 bits per heavy atom. The number of nitrogens with zero attached hydrogens (tertiary/aromatic N) is 2. The van der Waals surface area contributed by atoms with Crippen molar-refractivity contribution >= 4 is 11.4 Å². The van der Waals surface area contributed by atoms with Crippen molar-refractivity contribution in [2.24, 2.45) is 0 Å². The van der Waals surface area contributed by atoms with Crippen molar-refractivity contribution in [2.75, 3.05) is 38.9 Å². The van der Waals surface area contributed by atoms with E-state index in [0.29, 0.717) is 0 Å². The summed E-state index contributed by atoms with van der Waals surface area (Å²) in [6, 6.07) is 24.2. The quantitative estimate of drug-likeness (QED) is 0.519. The summed E-state index contributed by atoms with van der Waals surface area (Å²) >= 11 is 0. The number of hydrogen-bond donors (Lipinski definition) is 0. The minimum Gasteiger partial charge on any atom is -0.252 e. The highest BCUT2D eigenvalue weighted by Crippen LogP contribution is 2.36. The zero-order valence-corrected chi connectivity index (χ0v) is 16.5. The van der Waals surface area contributed by atoms with Crippen molar-refractivity contribution in [3.05, 3.63) is 72.8 Å². The van der Waals surface area contributed by atoms with Gasteiger partial charge in [-0.2, -0.15) is 0 Å². The molecule has 28 heavy (non-hydrogen) atoms. The Balaban J connectivity index is 2.07. The van der Waals surface area contributed by atoms with Crippen LogP contribution in [0.25, 0.3) is 22.3 Å². The lowest BCUT2D eigenvalue weighted by Crippen LogP contribution is -2.19. The van der Waals surface area contributed by atoms with Crippen molar-refractivity contribution in [3.63, 3.8) is 0 Å². The summed E-state index contributed by atoms with van der Waals surface area (Å²) in [7, 11) is 6.24. The molecule has 0 aliphatic carbocycles. The molecule has 0 saturated heterocycles. The molecular formula is C22H24N2O4. The van der Waals surface area contributed by atoms with Crippen molar-refractivity contribution < 1.29 is 19.4 Å². The molecule has 6 heteroatoms. The van der Waals surface area contributed by atoms with E-state index in [1.165, 1.54) is 10.5 Å². The molecule has 146 valence electrons. The van der Waals surface area contributed by atoms with Crippen LogP contribution in [0, 0.1) is 0 Å². The SMILES string of the molecule is CON(OC)c1ccc(-c2ccc(N(OC)OC)cc2-c2ccccc2)cc1. The summed E-state index contributed by atoms with van der Waals surface area (Å²) in [5.74, 6) is 0. The Morgan fingerprint density at radius 3 is 1.57 bits per heavy atom. The Morgan fingerprint density at radius 2 is 1.00 bits per heavy atom. The molecule has 3 aromatic rings. The standard InChI is InChI=1S/C22H24N2O4/c1-25-23(26-2)19-12-10-18(11-13-19)21-15-14-20(24(27-3)28-4)16-22(21)17-8-6-5-7-9-17/h5-16H,1-4H3. The normalized spacial score (nSPS) is 10.7. The van der Waals surface area contributed by atoms with Gasteiger partial charge in [0.25, 0.3) is 0 Å². The molecule has 0 aliphatic heterocycles. The molecule has 0 amide bonds. The predicted molar refractivity (Wildman–Crippen MR) is 110 cm³/mol. The smallest absolute Gasteiger partial charge is 0.0953 e. The third-order valence-corrected chi connectivity index (χ3v) is 4.35. The first-order valence-electron chi connectivity index (χ1n) is 8.78. The van der Waals surface area contributed by atoms with Crippen LogP contribution in [0.4, 0.5) is 11.4 Å². The topological polar surface area (TPSA) is 43.4 Å². The predicted octanol–water partition coefficient (Wildman–Crippen LogP) is 4.88. The Kier molecular flexibility index (Phi) is 6.62. The molecule has 0 N–H and O–H groups in total. The van der Waals surface area contributed by atoms with Crippen molar-refractivity contribution in [1.29, 1.82) is 0 Å². The zero-order chi connectivity index (χ0) is 19.9. The number of hydrogen-bond acceptors (Lipinski definition) is 6. The van der Waals surface area contributed by atoms with Gasteiger partial charge < -0.3 is 0 Å². The first-order chi connectivity index (χ1) is 13.7. The van der Waals surface area contributed by atoms with Gasteiger partial charge in [-0.15, -0.1) is 10.5 Å². The summed E-state index contributed by atoms with van der Waals surface area (Å²) in [4.78, 5) is 20.9. The van der Waals surface area contributed by atoms with Gasteiger partial charge in [-0.1, -0.05) is 48.5 Å². The maximum atomic E-state index is 5.27. The van der Waals surface area contributed by atoms with Gasteiger partial charge in [0.1, 0.15) is 0 Å². The number of benzene rings is 3. The molecule has 0 spiro atoms. The van der Waals surface area contributed by atoms with Crippen LogP contribution in [0.1, 0.15) is 0 Å². The monoisotopic (exact) mass is 380 g/mol. The summed E-state index contributed by atoms with van der Waals surface area (Å²) < 4.78 is 0. The molecule has 0 aliphatic rings. The summed E-state index contributed by atoms with van der Waals surface area (Å²) in [6.45, 7) is 0. The van der Waals surface area contributed by atoms with Crippen LogP contribution in [0.15, 0.2) is 72.8 Å². The van der Waals surface area contributed by atoms with Crippen LogP contribution in [-0.2, 0) is 19.4 Å². The van der Waals surface area contributed by atoms with Crippen LogP contribution in [0.5, 0.6) is 0 Å². The van der Waals surface area contributed by atoms with Gasteiger partial charge in [0.2, 0.25) is 0 Å². The molecule has 0 radical (unpaired) electrons. The average molecular weight is 380 g/mol. The van der Waals surface area contributed by atoms with Gasteiger partial charge in [-0.25, -0.2) is 0 Å². The van der Waals surface area contributed by atoms with Crippen molar-refractivity contribution in [3.8, 4) is 22.3 Å². The molecular weight excluding hydrogens is 356 g/mol. The highest BCUT2D eigenvalue weighted by molar-refractivity contribution is 5.86. The van der Waals surface area contributed by atoms with Gasteiger partial charge in [0.15, 0.2) is 0 Å². The summed E-state index contributed by atoms with van der Waals surface area (Å²) in [5.41, 5.74) is 5.94. The maximum absolute atomic E-state index is 5.27. The lowest BCUT2D eigenvalue weighted by atomic mass is 9.94. The minimum atomic E-state index is 0.800. The maximum Gasteiger partial charge on any atom is 0.0953 e. The molecule has 0 atom stereocenters. The largest absolute Gasteiger partial charge is 0.252 e. The van der Waals surface area contributed by atoms with E-state index >= 15 is 0 Å². The fraction of sp³-hybridized carbons (Fsp3) is 0.182. The number of anilines is 2. The summed E-state index contributed by atoms with van der Waals surface area (Å²) in [5, 5.41) is 2.72. The van der Waals surface area contributed by atoms with E-state index in [2.05, 4.69) is 18.2 Å². The molecule has 0 saturated carbocycles. The fourth-order valence-corrected chi connectivity index (χ4v) is 3.09. The molecule has 0 fully saturated rings. The molecule has 0 heterocycles. The second-order valence-electron chi connectivity index (χ2n) is 5.89. The second kappa shape index (κ2) is 9.34. The first kappa shape index (κ1) is 19.9.